The maximum atomic E-state index is 14.0. The predicted molar refractivity (Wildman–Crippen MR) is 267 cm³/mol. The molecule has 68 heavy (non-hydrogen) atoms. The molecule has 3 aliphatic rings. The summed E-state index contributed by atoms with van der Waals surface area (Å²) in [5.41, 5.74) is 7.91. The van der Waals surface area contributed by atoms with Gasteiger partial charge >= 0.3 is 0 Å². The van der Waals surface area contributed by atoms with Crippen LogP contribution >= 0.6 is 11.3 Å². The summed E-state index contributed by atoms with van der Waals surface area (Å²) in [6, 6.07) is 23.1. The summed E-state index contributed by atoms with van der Waals surface area (Å²) >= 11 is 1.83. The summed E-state index contributed by atoms with van der Waals surface area (Å²) in [6.45, 7) is 10.1. The number of aromatic nitrogens is 2. The van der Waals surface area contributed by atoms with Gasteiger partial charge in [-0.15, -0.1) is 11.3 Å². The smallest absolute Gasteiger partial charge is 0.293 e. The number of rotatable bonds is 15. The molecule has 0 saturated carbocycles. The Morgan fingerprint density at radius 2 is 1.87 bits per heavy atom. The van der Waals surface area contributed by atoms with Crippen molar-refractivity contribution in [3.8, 4) is 22.6 Å². The Balaban J connectivity index is 0.925. The maximum absolute atomic E-state index is 14.0. The lowest BCUT2D eigenvalue weighted by molar-refractivity contribution is -0.384. The van der Waals surface area contributed by atoms with Crippen molar-refractivity contribution in [2.24, 2.45) is 5.41 Å². The highest BCUT2D eigenvalue weighted by molar-refractivity contribution is 7.90. The van der Waals surface area contributed by atoms with Gasteiger partial charge in [-0.05, 0) is 89.7 Å². The van der Waals surface area contributed by atoms with Gasteiger partial charge in [-0.1, -0.05) is 37.6 Å². The fourth-order valence-electron chi connectivity index (χ4n) is 9.12. The van der Waals surface area contributed by atoms with E-state index in [0.29, 0.717) is 31.2 Å². The Morgan fingerprint density at radius 1 is 1.04 bits per heavy atom. The number of sulfonamides is 1. The van der Waals surface area contributed by atoms with Crippen LogP contribution in [0.1, 0.15) is 48.3 Å². The van der Waals surface area contributed by atoms with Crippen molar-refractivity contribution in [2.75, 3.05) is 88.3 Å². The van der Waals surface area contributed by atoms with Crippen molar-refractivity contribution < 1.29 is 32.3 Å². The molecule has 1 unspecified atom stereocenters. The molecule has 356 valence electrons. The standard InChI is InChI=1S/C50H56N8O8S2/c1-50(2)15-13-34(42(27-50)47-24-35(32-67-47)40-7-5-6-8-44(40)55(3)4)30-56-17-19-57(20-18-56)36-9-11-41(46(25-36)66-37-23-33-14-16-51-48(33)53-28-37)49(59)54-68(62,63)39-10-12-43(45(26-39)58(60)61)52-29-38-31-64-21-22-65-38/h5-12,14,16,23-26,28,32,38,52H,13,15,17-22,27,29-31H2,1-4H3,(H,51,53)(H,54,59). The minimum Gasteiger partial charge on any atom is -0.455 e. The number of hydrogen-bond acceptors (Lipinski definition) is 14. The van der Waals surface area contributed by atoms with E-state index in [4.69, 9.17) is 14.2 Å². The van der Waals surface area contributed by atoms with Crippen molar-refractivity contribution in [1.82, 2.24) is 19.6 Å². The molecule has 18 heteroatoms. The number of carbonyl (C=O) groups excluding carboxylic acids is 1. The molecule has 2 aliphatic heterocycles. The highest BCUT2D eigenvalue weighted by atomic mass is 32.2. The first-order valence-electron chi connectivity index (χ1n) is 22.8. The van der Waals surface area contributed by atoms with E-state index in [-0.39, 0.29) is 35.1 Å². The zero-order chi connectivity index (χ0) is 47.6. The average molecular weight is 961 g/mol. The molecule has 5 heterocycles. The number of para-hydroxylation sites is 1. The Bertz CT molecular complexity index is 2970. The van der Waals surface area contributed by atoms with Gasteiger partial charge in [-0.2, -0.15) is 0 Å². The number of thiophene rings is 1. The lowest BCUT2D eigenvalue weighted by Crippen LogP contribution is -2.47. The molecule has 1 aliphatic carbocycles. The molecule has 6 aromatic rings. The average Bonchev–Trinajstić information content (AvgIpc) is 4.02. The SMILES string of the molecule is CN(C)c1ccccc1-c1csc(C2=C(CN3CCN(c4ccc(C(=O)NS(=O)(=O)c5ccc(NCC6COCCO6)c([N+](=O)[O-])c5)c(Oc5cnc6[nH]ccc6c5)c4)CC3)CCC(C)(C)C2)c1. The van der Waals surface area contributed by atoms with Crippen LogP contribution in [0.2, 0.25) is 0 Å². The van der Waals surface area contributed by atoms with E-state index in [9.17, 15) is 23.3 Å². The largest absolute Gasteiger partial charge is 0.455 e. The normalized spacial score (nSPS) is 17.8. The van der Waals surface area contributed by atoms with Crippen LogP contribution < -0.4 is 24.6 Å². The Morgan fingerprint density at radius 3 is 2.65 bits per heavy atom. The van der Waals surface area contributed by atoms with Crippen molar-refractivity contribution >= 4 is 66.6 Å². The van der Waals surface area contributed by atoms with Crippen LogP contribution in [-0.2, 0) is 19.5 Å². The van der Waals surface area contributed by atoms with Crippen molar-refractivity contribution in [1.29, 1.82) is 0 Å². The monoisotopic (exact) mass is 960 g/mol. The predicted octanol–water partition coefficient (Wildman–Crippen LogP) is 8.79. The molecule has 0 spiro atoms. The van der Waals surface area contributed by atoms with Gasteiger partial charge in [-0.25, -0.2) is 18.1 Å². The lowest BCUT2D eigenvalue weighted by atomic mass is 9.73. The van der Waals surface area contributed by atoms with Crippen LogP contribution in [0.5, 0.6) is 11.5 Å². The Labute approximate surface area is 400 Å². The third kappa shape index (κ3) is 10.5. The molecule has 3 aromatic carbocycles. The maximum Gasteiger partial charge on any atom is 0.293 e. The second-order valence-electron chi connectivity index (χ2n) is 18.5. The number of piperazine rings is 1. The van der Waals surface area contributed by atoms with Gasteiger partial charge in [-0.3, -0.25) is 19.8 Å². The minimum atomic E-state index is -4.59. The number of amides is 1. The quantitative estimate of drug-likeness (QED) is 0.0656. The van der Waals surface area contributed by atoms with E-state index in [1.165, 1.54) is 51.2 Å². The number of ether oxygens (including phenoxy) is 3. The van der Waals surface area contributed by atoms with Gasteiger partial charge in [0.25, 0.3) is 21.6 Å². The molecule has 1 atom stereocenters. The zero-order valence-electron chi connectivity index (χ0n) is 38.6. The number of benzene rings is 3. The van der Waals surface area contributed by atoms with Crippen LogP contribution in [0.4, 0.5) is 22.7 Å². The van der Waals surface area contributed by atoms with E-state index < -0.39 is 31.4 Å². The minimum absolute atomic E-state index is 0.0470. The number of anilines is 3. The topological polar surface area (TPSA) is 185 Å². The molecule has 1 amide bonds. The van der Waals surface area contributed by atoms with E-state index in [1.807, 2.05) is 17.4 Å². The molecule has 3 aromatic heterocycles. The molecule has 2 fully saturated rings. The van der Waals surface area contributed by atoms with Gasteiger partial charge in [0.15, 0.2) is 0 Å². The van der Waals surface area contributed by atoms with Crippen LogP contribution in [0.3, 0.4) is 0 Å². The molecule has 2 saturated heterocycles. The van der Waals surface area contributed by atoms with Gasteiger partial charge in [0.1, 0.15) is 22.8 Å². The van der Waals surface area contributed by atoms with Crippen LogP contribution in [-0.4, -0.2) is 113 Å². The first kappa shape index (κ1) is 46.8. The van der Waals surface area contributed by atoms with Crippen molar-refractivity contribution in [2.45, 2.75) is 44.1 Å². The number of fused-ring (bicyclic) bond motifs is 1. The second-order valence-corrected chi connectivity index (χ2v) is 21.1. The number of nitro benzene ring substituents is 1. The van der Waals surface area contributed by atoms with E-state index >= 15 is 0 Å². The summed E-state index contributed by atoms with van der Waals surface area (Å²) < 4.78 is 46.9. The molecule has 3 N–H and O–H groups in total. The summed E-state index contributed by atoms with van der Waals surface area (Å²) in [5, 5.41) is 18.1. The van der Waals surface area contributed by atoms with Crippen LogP contribution in [0.25, 0.3) is 27.7 Å². The zero-order valence-corrected chi connectivity index (χ0v) is 40.3. The summed E-state index contributed by atoms with van der Waals surface area (Å²) in [7, 11) is -0.421. The highest BCUT2D eigenvalue weighted by Crippen LogP contribution is 2.46. The number of hydrogen-bond donors (Lipinski definition) is 3. The summed E-state index contributed by atoms with van der Waals surface area (Å²) in [6.07, 6.45) is 6.19. The van der Waals surface area contributed by atoms with Crippen molar-refractivity contribution in [3.05, 3.63) is 123 Å². The first-order chi connectivity index (χ1) is 32.7. The number of aromatic amines is 1. The molecular formula is C50H56N8O8S2. The third-order valence-electron chi connectivity index (χ3n) is 12.9. The number of pyridine rings is 1. The highest BCUT2D eigenvalue weighted by Gasteiger charge is 2.31. The number of nitrogens with one attached hydrogen (secondary N) is 3. The Kier molecular flexibility index (Phi) is 13.6. The summed E-state index contributed by atoms with van der Waals surface area (Å²) in [5.74, 6) is -0.498. The number of nitro groups is 1. The third-order valence-corrected chi connectivity index (χ3v) is 15.2. The Hall–Kier alpha value is -6.31. The van der Waals surface area contributed by atoms with Gasteiger partial charge in [0.2, 0.25) is 0 Å². The van der Waals surface area contributed by atoms with Crippen LogP contribution in [0, 0.1) is 15.5 Å². The summed E-state index contributed by atoms with van der Waals surface area (Å²) in [4.78, 5) is 40.7. The number of allylic oxidation sites excluding steroid dienone is 1. The molecule has 16 nitrogen and oxygen atoms in total. The van der Waals surface area contributed by atoms with Gasteiger partial charge < -0.3 is 34.3 Å². The van der Waals surface area contributed by atoms with Gasteiger partial charge in [0.05, 0.1) is 47.5 Å². The van der Waals surface area contributed by atoms with Gasteiger partial charge in [0, 0.05) is 98.9 Å². The number of carbonyl (C=O) groups is 1. The van der Waals surface area contributed by atoms with E-state index in [0.717, 1.165) is 69.1 Å². The number of H-pyrrole nitrogens is 1. The molecule has 9 rings (SSSR count). The fraction of sp³-hybridized carbons (Fsp3) is 0.360. The van der Waals surface area contributed by atoms with E-state index in [1.54, 1.807) is 30.5 Å². The first-order valence-corrected chi connectivity index (χ1v) is 25.1. The molecule has 0 bridgehead atoms. The number of nitrogens with zero attached hydrogens (tertiary/aromatic N) is 5. The molecule has 0 radical (unpaired) electrons. The fourth-order valence-corrected chi connectivity index (χ4v) is 11.1. The molecular weight excluding hydrogens is 905 g/mol. The second kappa shape index (κ2) is 19.7. The van der Waals surface area contributed by atoms with Crippen LogP contribution in [0.15, 0.2) is 107 Å². The van der Waals surface area contributed by atoms with Crippen molar-refractivity contribution in [3.63, 3.8) is 0 Å². The lowest BCUT2D eigenvalue weighted by Gasteiger charge is -2.39. The van der Waals surface area contributed by atoms with E-state index in [2.05, 4.69) is 98.4 Å².